The van der Waals surface area contributed by atoms with Gasteiger partial charge >= 0.3 is 0 Å². The van der Waals surface area contributed by atoms with Crippen molar-refractivity contribution in [2.45, 2.75) is 13.5 Å². The van der Waals surface area contributed by atoms with Gasteiger partial charge in [-0.1, -0.05) is 29.8 Å². The minimum Gasteiger partial charge on any atom is -0.308 e. The molecule has 0 unspecified atom stereocenters. The first-order valence-electron chi connectivity index (χ1n) is 4.52. The van der Waals surface area contributed by atoms with Crippen molar-refractivity contribution >= 4 is 22.5 Å². The van der Waals surface area contributed by atoms with Gasteiger partial charge in [0.05, 0.1) is 10.5 Å². The molecule has 2 nitrogen and oxygen atoms in total. The van der Waals surface area contributed by atoms with E-state index in [4.69, 9.17) is 11.6 Å². The molecule has 0 aliphatic heterocycles. The van der Waals surface area contributed by atoms with E-state index in [1.807, 2.05) is 31.2 Å². The maximum atomic E-state index is 11.6. The number of para-hydroxylation sites is 1. The number of hydrogen-bond acceptors (Lipinski definition) is 1. The van der Waals surface area contributed by atoms with Crippen LogP contribution in [-0.2, 0) is 6.54 Å². The van der Waals surface area contributed by atoms with Gasteiger partial charge in [0.1, 0.15) is 0 Å². The summed E-state index contributed by atoms with van der Waals surface area (Å²) >= 11 is 5.98. The SMILES string of the molecule is CCn1c(=O)cc(Cl)c2ccccc21. The predicted octanol–water partition coefficient (Wildman–Crippen LogP) is 2.67. The van der Waals surface area contributed by atoms with Crippen molar-refractivity contribution in [3.05, 3.63) is 45.7 Å². The Morgan fingerprint density at radius 2 is 2.07 bits per heavy atom. The average Bonchev–Trinajstić information content (AvgIpc) is 2.18. The molecule has 14 heavy (non-hydrogen) atoms. The lowest BCUT2D eigenvalue weighted by Crippen LogP contribution is -2.18. The molecule has 1 aromatic heterocycles. The lowest BCUT2D eigenvalue weighted by Gasteiger charge is -2.07. The van der Waals surface area contributed by atoms with Gasteiger partial charge in [-0.15, -0.1) is 0 Å². The first kappa shape index (κ1) is 9.28. The molecular formula is C11H10ClNO. The van der Waals surface area contributed by atoms with Crippen LogP contribution in [0.2, 0.25) is 5.02 Å². The molecule has 0 amide bonds. The van der Waals surface area contributed by atoms with Crippen LogP contribution in [-0.4, -0.2) is 4.57 Å². The first-order valence-corrected chi connectivity index (χ1v) is 4.90. The Morgan fingerprint density at radius 3 is 2.79 bits per heavy atom. The number of benzene rings is 1. The largest absolute Gasteiger partial charge is 0.308 e. The van der Waals surface area contributed by atoms with Crippen LogP contribution < -0.4 is 5.56 Å². The quantitative estimate of drug-likeness (QED) is 0.705. The Hall–Kier alpha value is -1.28. The van der Waals surface area contributed by atoms with E-state index in [0.29, 0.717) is 11.6 Å². The highest BCUT2D eigenvalue weighted by Gasteiger charge is 2.04. The zero-order valence-electron chi connectivity index (χ0n) is 7.83. The standard InChI is InChI=1S/C11H10ClNO/c1-2-13-10-6-4-3-5-8(10)9(12)7-11(13)14/h3-7H,2H2,1H3. The van der Waals surface area contributed by atoms with Gasteiger partial charge in [0.25, 0.3) is 5.56 Å². The molecule has 0 saturated heterocycles. The zero-order valence-corrected chi connectivity index (χ0v) is 8.58. The van der Waals surface area contributed by atoms with Crippen molar-refractivity contribution in [2.24, 2.45) is 0 Å². The van der Waals surface area contributed by atoms with Gasteiger partial charge in [0.2, 0.25) is 0 Å². The molecule has 2 rings (SSSR count). The summed E-state index contributed by atoms with van der Waals surface area (Å²) in [6, 6.07) is 9.12. The molecule has 72 valence electrons. The lowest BCUT2D eigenvalue weighted by molar-refractivity contribution is 0.760. The minimum atomic E-state index is -0.0452. The highest BCUT2D eigenvalue weighted by molar-refractivity contribution is 6.35. The fourth-order valence-electron chi connectivity index (χ4n) is 1.62. The zero-order chi connectivity index (χ0) is 10.1. The molecule has 1 aromatic carbocycles. The second-order valence-corrected chi connectivity index (χ2v) is 3.50. The number of aromatic nitrogens is 1. The van der Waals surface area contributed by atoms with Crippen molar-refractivity contribution in [3.63, 3.8) is 0 Å². The number of aryl methyl sites for hydroxylation is 1. The van der Waals surface area contributed by atoms with Gasteiger partial charge in [0, 0.05) is 18.0 Å². The third-order valence-electron chi connectivity index (χ3n) is 2.28. The molecule has 0 bridgehead atoms. The van der Waals surface area contributed by atoms with Crippen molar-refractivity contribution in [1.29, 1.82) is 0 Å². The van der Waals surface area contributed by atoms with E-state index in [1.165, 1.54) is 6.07 Å². The number of halogens is 1. The van der Waals surface area contributed by atoms with Crippen molar-refractivity contribution in [3.8, 4) is 0 Å². The van der Waals surface area contributed by atoms with E-state index >= 15 is 0 Å². The average molecular weight is 208 g/mol. The summed E-state index contributed by atoms with van der Waals surface area (Å²) in [5.41, 5.74) is 0.851. The Labute approximate surface area is 86.7 Å². The van der Waals surface area contributed by atoms with Gasteiger partial charge in [0.15, 0.2) is 0 Å². The second-order valence-electron chi connectivity index (χ2n) is 3.09. The molecule has 0 N–H and O–H groups in total. The summed E-state index contributed by atoms with van der Waals surface area (Å²) in [5.74, 6) is 0. The van der Waals surface area contributed by atoms with Gasteiger partial charge in [-0.3, -0.25) is 4.79 Å². The Bertz CT molecular complexity index is 530. The second kappa shape index (κ2) is 3.46. The van der Waals surface area contributed by atoms with Crippen LogP contribution in [0.15, 0.2) is 35.1 Å². The number of nitrogens with zero attached hydrogens (tertiary/aromatic N) is 1. The molecule has 0 fully saturated rings. The number of rotatable bonds is 1. The third kappa shape index (κ3) is 1.32. The molecule has 0 aliphatic carbocycles. The van der Waals surface area contributed by atoms with E-state index in [2.05, 4.69) is 0 Å². The summed E-state index contributed by atoms with van der Waals surface area (Å²) in [4.78, 5) is 11.6. The van der Waals surface area contributed by atoms with Crippen molar-refractivity contribution < 1.29 is 0 Å². The van der Waals surface area contributed by atoms with Crippen LogP contribution in [0.4, 0.5) is 0 Å². The Morgan fingerprint density at radius 1 is 1.36 bits per heavy atom. The van der Waals surface area contributed by atoms with Crippen LogP contribution in [0, 0.1) is 0 Å². The van der Waals surface area contributed by atoms with Crippen molar-refractivity contribution in [1.82, 2.24) is 4.57 Å². The molecule has 2 aromatic rings. The molecular weight excluding hydrogens is 198 g/mol. The molecule has 0 radical (unpaired) electrons. The minimum absolute atomic E-state index is 0.0452. The van der Waals surface area contributed by atoms with Crippen molar-refractivity contribution in [2.75, 3.05) is 0 Å². The molecule has 1 heterocycles. The van der Waals surface area contributed by atoms with Gasteiger partial charge in [-0.25, -0.2) is 0 Å². The number of fused-ring (bicyclic) bond motifs is 1. The van der Waals surface area contributed by atoms with Crippen LogP contribution in [0.5, 0.6) is 0 Å². The normalized spacial score (nSPS) is 10.7. The topological polar surface area (TPSA) is 22.0 Å². The molecule has 3 heteroatoms. The fourth-order valence-corrected chi connectivity index (χ4v) is 1.87. The third-order valence-corrected chi connectivity index (χ3v) is 2.60. The molecule has 0 spiro atoms. The van der Waals surface area contributed by atoms with Crippen LogP contribution in [0.3, 0.4) is 0 Å². The van der Waals surface area contributed by atoms with Crippen LogP contribution in [0.25, 0.3) is 10.9 Å². The Kier molecular flexibility index (Phi) is 2.30. The van der Waals surface area contributed by atoms with Crippen LogP contribution >= 0.6 is 11.6 Å². The number of hydrogen-bond donors (Lipinski definition) is 0. The van der Waals surface area contributed by atoms with Gasteiger partial charge < -0.3 is 4.57 Å². The van der Waals surface area contributed by atoms with E-state index in [1.54, 1.807) is 4.57 Å². The van der Waals surface area contributed by atoms with Crippen LogP contribution in [0.1, 0.15) is 6.92 Å². The van der Waals surface area contributed by atoms with Gasteiger partial charge in [-0.05, 0) is 13.0 Å². The molecule has 0 atom stereocenters. The summed E-state index contributed by atoms with van der Waals surface area (Å²) in [7, 11) is 0. The summed E-state index contributed by atoms with van der Waals surface area (Å²) in [6.07, 6.45) is 0. The highest BCUT2D eigenvalue weighted by Crippen LogP contribution is 2.20. The summed E-state index contributed by atoms with van der Waals surface area (Å²) in [5, 5.41) is 1.45. The van der Waals surface area contributed by atoms with E-state index in [9.17, 15) is 4.79 Å². The lowest BCUT2D eigenvalue weighted by atomic mass is 10.2. The van der Waals surface area contributed by atoms with E-state index < -0.39 is 0 Å². The maximum absolute atomic E-state index is 11.6. The predicted molar refractivity (Wildman–Crippen MR) is 58.9 cm³/mol. The summed E-state index contributed by atoms with van der Waals surface area (Å²) in [6.45, 7) is 2.61. The maximum Gasteiger partial charge on any atom is 0.252 e. The first-order chi connectivity index (χ1) is 6.74. The number of pyridine rings is 1. The van der Waals surface area contributed by atoms with Gasteiger partial charge in [-0.2, -0.15) is 0 Å². The molecule has 0 saturated carbocycles. The summed E-state index contributed by atoms with van der Waals surface area (Å²) < 4.78 is 1.71. The van der Waals surface area contributed by atoms with E-state index in [-0.39, 0.29) is 5.56 Å². The highest BCUT2D eigenvalue weighted by atomic mass is 35.5. The van der Waals surface area contributed by atoms with E-state index in [0.717, 1.165) is 10.9 Å². The fraction of sp³-hybridized carbons (Fsp3) is 0.182. The Balaban J connectivity index is 2.98. The monoisotopic (exact) mass is 207 g/mol. The molecule has 0 aliphatic rings. The smallest absolute Gasteiger partial charge is 0.252 e.